The molecule has 2 aliphatic rings. The third-order valence-corrected chi connectivity index (χ3v) is 4.57. The van der Waals surface area contributed by atoms with Crippen LogP contribution in [0, 0.1) is 19.8 Å². The second-order valence-corrected chi connectivity index (χ2v) is 5.91. The van der Waals surface area contributed by atoms with Crippen molar-refractivity contribution in [3.63, 3.8) is 0 Å². The van der Waals surface area contributed by atoms with Crippen LogP contribution in [0.25, 0.3) is 0 Å². The molecule has 1 saturated heterocycles. The maximum absolute atomic E-state index is 12.2. The molecular weight excluding hydrogens is 238 g/mol. The molecule has 1 amide bonds. The van der Waals surface area contributed by atoms with Gasteiger partial charge in [0.05, 0.1) is 0 Å². The molecule has 3 heteroatoms. The van der Waals surface area contributed by atoms with Gasteiger partial charge in [-0.15, -0.1) is 0 Å². The summed E-state index contributed by atoms with van der Waals surface area (Å²) in [6, 6.07) is 6.46. The van der Waals surface area contributed by atoms with Gasteiger partial charge in [0.2, 0.25) is 0 Å². The summed E-state index contributed by atoms with van der Waals surface area (Å²) in [4.78, 5) is 14.2. The van der Waals surface area contributed by atoms with Crippen molar-refractivity contribution in [1.82, 2.24) is 4.90 Å². The van der Waals surface area contributed by atoms with Crippen molar-refractivity contribution in [2.75, 3.05) is 13.2 Å². The van der Waals surface area contributed by atoms with Gasteiger partial charge in [-0.05, 0) is 62.3 Å². The van der Waals surface area contributed by atoms with Gasteiger partial charge < -0.3 is 9.64 Å². The van der Waals surface area contributed by atoms with Crippen LogP contribution in [0.15, 0.2) is 18.2 Å². The SMILES string of the molecule is Cc1ccc(OCC(=O)N2CC3CCC2C3)cc1C. The van der Waals surface area contributed by atoms with E-state index in [1.54, 1.807) is 0 Å². The van der Waals surface area contributed by atoms with Crippen LogP contribution in [0.4, 0.5) is 0 Å². The normalized spacial score (nSPS) is 24.8. The Morgan fingerprint density at radius 1 is 1.32 bits per heavy atom. The lowest BCUT2D eigenvalue weighted by Gasteiger charge is -2.26. The highest BCUT2D eigenvalue weighted by Gasteiger charge is 2.40. The van der Waals surface area contributed by atoms with E-state index in [9.17, 15) is 4.79 Å². The number of hydrogen-bond acceptors (Lipinski definition) is 2. The van der Waals surface area contributed by atoms with Crippen LogP contribution in [0.2, 0.25) is 0 Å². The Morgan fingerprint density at radius 2 is 2.16 bits per heavy atom. The Hall–Kier alpha value is -1.51. The number of likely N-dealkylation sites (tertiary alicyclic amines) is 1. The Labute approximate surface area is 114 Å². The minimum Gasteiger partial charge on any atom is -0.484 e. The largest absolute Gasteiger partial charge is 0.484 e. The van der Waals surface area contributed by atoms with Crippen LogP contribution >= 0.6 is 0 Å². The van der Waals surface area contributed by atoms with Gasteiger partial charge in [0.1, 0.15) is 5.75 Å². The fourth-order valence-corrected chi connectivity index (χ4v) is 3.26. The van der Waals surface area contributed by atoms with Crippen molar-refractivity contribution in [1.29, 1.82) is 0 Å². The van der Waals surface area contributed by atoms with Gasteiger partial charge >= 0.3 is 0 Å². The van der Waals surface area contributed by atoms with Gasteiger partial charge in [-0.25, -0.2) is 0 Å². The van der Waals surface area contributed by atoms with Crippen LogP contribution < -0.4 is 4.74 Å². The van der Waals surface area contributed by atoms with Crippen molar-refractivity contribution in [3.8, 4) is 5.75 Å². The van der Waals surface area contributed by atoms with E-state index in [1.165, 1.54) is 30.4 Å². The predicted molar refractivity (Wildman–Crippen MR) is 74.3 cm³/mol. The topological polar surface area (TPSA) is 29.5 Å². The molecule has 1 heterocycles. The lowest BCUT2D eigenvalue weighted by atomic mass is 10.1. The molecule has 1 saturated carbocycles. The maximum atomic E-state index is 12.2. The minimum absolute atomic E-state index is 0.144. The first-order chi connectivity index (χ1) is 9.13. The average Bonchev–Trinajstić information content (AvgIpc) is 3.02. The van der Waals surface area contributed by atoms with Crippen molar-refractivity contribution >= 4 is 5.91 Å². The van der Waals surface area contributed by atoms with Gasteiger partial charge in [0.25, 0.3) is 5.91 Å². The van der Waals surface area contributed by atoms with E-state index < -0.39 is 0 Å². The Balaban J connectivity index is 1.57. The minimum atomic E-state index is 0.144. The van der Waals surface area contributed by atoms with Gasteiger partial charge in [-0.1, -0.05) is 6.07 Å². The number of benzene rings is 1. The zero-order valence-electron chi connectivity index (χ0n) is 11.7. The van der Waals surface area contributed by atoms with E-state index in [4.69, 9.17) is 4.74 Å². The Morgan fingerprint density at radius 3 is 2.79 bits per heavy atom. The molecule has 0 spiro atoms. The molecule has 1 aliphatic heterocycles. The number of fused-ring (bicyclic) bond motifs is 2. The summed E-state index contributed by atoms with van der Waals surface area (Å²) < 4.78 is 5.63. The molecule has 0 N–H and O–H groups in total. The summed E-state index contributed by atoms with van der Waals surface area (Å²) in [6.45, 7) is 5.25. The van der Waals surface area contributed by atoms with E-state index in [2.05, 4.69) is 13.8 Å². The highest BCUT2D eigenvalue weighted by molar-refractivity contribution is 5.78. The molecule has 102 valence electrons. The monoisotopic (exact) mass is 259 g/mol. The molecule has 1 aliphatic carbocycles. The maximum Gasteiger partial charge on any atom is 0.260 e. The number of carbonyl (C=O) groups is 1. The van der Waals surface area contributed by atoms with Crippen molar-refractivity contribution in [2.45, 2.75) is 39.2 Å². The highest BCUT2D eigenvalue weighted by atomic mass is 16.5. The van der Waals surface area contributed by atoms with E-state index in [0.29, 0.717) is 6.04 Å². The summed E-state index contributed by atoms with van der Waals surface area (Å²) in [6.07, 6.45) is 3.68. The second kappa shape index (κ2) is 4.87. The molecule has 3 rings (SSSR count). The zero-order chi connectivity index (χ0) is 13.4. The highest BCUT2D eigenvalue weighted by Crippen LogP contribution is 2.37. The standard InChI is InChI=1S/C16H21NO2/c1-11-3-6-15(7-12(11)2)19-10-16(18)17-9-13-4-5-14(17)8-13/h3,6-7,13-14H,4-5,8-10H2,1-2H3. The predicted octanol–water partition coefficient (Wildman–Crippen LogP) is 2.69. The third-order valence-electron chi connectivity index (χ3n) is 4.57. The van der Waals surface area contributed by atoms with E-state index in [1.807, 2.05) is 23.1 Å². The summed E-state index contributed by atoms with van der Waals surface area (Å²) in [5.74, 6) is 1.68. The summed E-state index contributed by atoms with van der Waals surface area (Å²) >= 11 is 0. The number of hydrogen-bond donors (Lipinski definition) is 0. The van der Waals surface area contributed by atoms with Gasteiger partial charge in [-0.2, -0.15) is 0 Å². The fourth-order valence-electron chi connectivity index (χ4n) is 3.26. The molecule has 2 fully saturated rings. The molecule has 1 aromatic carbocycles. The first-order valence-corrected chi connectivity index (χ1v) is 7.13. The summed E-state index contributed by atoms with van der Waals surface area (Å²) in [5, 5.41) is 0. The molecule has 1 aromatic rings. The quantitative estimate of drug-likeness (QED) is 0.835. The Bertz CT molecular complexity index is 498. The zero-order valence-corrected chi connectivity index (χ0v) is 11.7. The number of carbonyl (C=O) groups excluding carboxylic acids is 1. The first kappa shape index (κ1) is 12.5. The molecule has 19 heavy (non-hydrogen) atoms. The molecule has 0 radical (unpaired) electrons. The number of aryl methyl sites for hydroxylation is 2. The molecule has 3 nitrogen and oxygen atoms in total. The lowest BCUT2D eigenvalue weighted by molar-refractivity contribution is -0.135. The van der Waals surface area contributed by atoms with Crippen LogP contribution in [-0.2, 0) is 4.79 Å². The van der Waals surface area contributed by atoms with Crippen LogP contribution in [-0.4, -0.2) is 30.0 Å². The average molecular weight is 259 g/mol. The number of amides is 1. The van der Waals surface area contributed by atoms with Gasteiger partial charge in [0, 0.05) is 12.6 Å². The third kappa shape index (κ3) is 2.46. The number of piperidine rings is 1. The van der Waals surface area contributed by atoms with Crippen LogP contribution in [0.5, 0.6) is 5.75 Å². The van der Waals surface area contributed by atoms with E-state index in [-0.39, 0.29) is 12.5 Å². The van der Waals surface area contributed by atoms with Crippen molar-refractivity contribution in [3.05, 3.63) is 29.3 Å². The number of ether oxygens (including phenoxy) is 1. The van der Waals surface area contributed by atoms with Crippen molar-refractivity contribution < 1.29 is 9.53 Å². The van der Waals surface area contributed by atoms with E-state index in [0.717, 1.165) is 18.2 Å². The molecule has 2 unspecified atom stereocenters. The Kier molecular flexibility index (Phi) is 3.21. The first-order valence-electron chi connectivity index (χ1n) is 7.13. The fraction of sp³-hybridized carbons (Fsp3) is 0.562. The van der Waals surface area contributed by atoms with Gasteiger partial charge in [0.15, 0.2) is 6.61 Å². The van der Waals surface area contributed by atoms with Crippen LogP contribution in [0.3, 0.4) is 0 Å². The second-order valence-electron chi connectivity index (χ2n) is 5.91. The molecule has 2 bridgehead atoms. The van der Waals surface area contributed by atoms with Crippen molar-refractivity contribution in [2.24, 2.45) is 5.92 Å². The number of rotatable bonds is 3. The van der Waals surface area contributed by atoms with Crippen LogP contribution in [0.1, 0.15) is 30.4 Å². The summed E-state index contributed by atoms with van der Waals surface area (Å²) in [7, 11) is 0. The molecule has 2 atom stereocenters. The number of nitrogens with zero attached hydrogens (tertiary/aromatic N) is 1. The summed E-state index contributed by atoms with van der Waals surface area (Å²) in [5.41, 5.74) is 2.45. The molecular formula is C16H21NO2. The smallest absolute Gasteiger partial charge is 0.260 e. The lowest BCUT2D eigenvalue weighted by Crippen LogP contribution is -2.40. The van der Waals surface area contributed by atoms with E-state index >= 15 is 0 Å². The molecule has 0 aromatic heterocycles. The van der Waals surface area contributed by atoms with Gasteiger partial charge in [-0.3, -0.25) is 4.79 Å².